The van der Waals surface area contributed by atoms with Gasteiger partial charge < -0.3 is 20.1 Å². The van der Waals surface area contributed by atoms with E-state index < -0.39 is 17.8 Å². The molecule has 7 nitrogen and oxygen atoms in total. The SMILES string of the molecule is CCCC(=O)N(CCCOc1ccc(CC(Nc2ccccc2C(=O)c2ccccc2)C(=O)O)cc1)c1ccccc1F. The van der Waals surface area contributed by atoms with Crippen LogP contribution in [0.4, 0.5) is 15.8 Å². The molecule has 0 saturated heterocycles. The lowest BCUT2D eigenvalue weighted by Gasteiger charge is -2.23. The van der Waals surface area contributed by atoms with Gasteiger partial charge in [-0.2, -0.15) is 0 Å². The highest BCUT2D eigenvalue weighted by Crippen LogP contribution is 2.23. The summed E-state index contributed by atoms with van der Waals surface area (Å²) < 4.78 is 20.2. The van der Waals surface area contributed by atoms with Gasteiger partial charge in [0, 0.05) is 36.2 Å². The number of ether oxygens (including phenoxy) is 1. The number of halogens is 1. The molecule has 1 atom stereocenters. The van der Waals surface area contributed by atoms with Crippen LogP contribution in [-0.4, -0.2) is 42.0 Å². The van der Waals surface area contributed by atoms with Crippen molar-refractivity contribution in [1.29, 1.82) is 0 Å². The molecule has 0 aliphatic rings. The smallest absolute Gasteiger partial charge is 0.326 e. The van der Waals surface area contributed by atoms with E-state index in [1.807, 2.05) is 13.0 Å². The fourth-order valence-corrected chi connectivity index (χ4v) is 4.71. The Labute approximate surface area is 250 Å². The van der Waals surface area contributed by atoms with Gasteiger partial charge in [0.1, 0.15) is 17.6 Å². The van der Waals surface area contributed by atoms with E-state index in [0.29, 0.717) is 55.0 Å². The van der Waals surface area contributed by atoms with Crippen LogP contribution in [0.25, 0.3) is 0 Å². The van der Waals surface area contributed by atoms with Crippen LogP contribution in [0.5, 0.6) is 5.75 Å². The maximum Gasteiger partial charge on any atom is 0.326 e. The van der Waals surface area contributed by atoms with Gasteiger partial charge in [0.2, 0.25) is 5.91 Å². The normalized spacial score (nSPS) is 11.4. The molecule has 4 aromatic rings. The van der Waals surface area contributed by atoms with Crippen molar-refractivity contribution in [1.82, 2.24) is 0 Å². The molecule has 0 spiro atoms. The lowest BCUT2D eigenvalue weighted by Crippen LogP contribution is -2.33. The highest BCUT2D eigenvalue weighted by Gasteiger charge is 2.22. The number of para-hydroxylation sites is 2. The van der Waals surface area contributed by atoms with Crippen LogP contribution < -0.4 is 15.0 Å². The monoisotopic (exact) mass is 582 g/mol. The third-order valence-electron chi connectivity index (χ3n) is 6.90. The molecule has 43 heavy (non-hydrogen) atoms. The Morgan fingerprint density at radius 3 is 2.26 bits per heavy atom. The van der Waals surface area contributed by atoms with E-state index in [1.54, 1.807) is 91.0 Å². The van der Waals surface area contributed by atoms with E-state index in [4.69, 9.17) is 4.74 Å². The van der Waals surface area contributed by atoms with Crippen molar-refractivity contribution in [2.45, 2.75) is 38.6 Å². The molecule has 0 aliphatic carbocycles. The van der Waals surface area contributed by atoms with Crippen LogP contribution in [-0.2, 0) is 16.0 Å². The zero-order valence-electron chi connectivity index (χ0n) is 24.0. The van der Waals surface area contributed by atoms with Gasteiger partial charge in [-0.1, -0.05) is 73.7 Å². The number of anilines is 2. The fourth-order valence-electron chi connectivity index (χ4n) is 4.71. The second-order valence-electron chi connectivity index (χ2n) is 10.1. The Bertz CT molecular complexity index is 1530. The minimum absolute atomic E-state index is 0.134. The maximum atomic E-state index is 14.4. The highest BCUT2D eigenvalue weighted by molar-refractivity contribution is 6.12. The Morgan fingerprint density at radius 2 is 1.56 bits per heavy atom. The van der Waals surface area contributed by atoms with Gasteiger partial charge in [0.15, 0.2) is 5.78 Å². The number of rotatable bonds is 15. The number of hydrogen-bond donors (Lipinski definition) is 2. The van der Waals surface area contributed by atoms with E-state index >= 15 is 0 Å². The predicted molar refractivity (Wildman–Crippen MR) is 165 cm³/mol. The van der Waals surface area contributed by atoms with E-state index in [1.165, 1.54) is 11.0 Å². The number of nitrogens with zero attached hydrogens (tertiary/aromatic N) is 1. The van der Waals surface area contributed by atoms with Crippen molar-refractivity contribution in [2.24, 2.45) is 0 Å². The van der Waals surface area contributed by atoms with Gasteiger partial charge in [0.05, 0.1) is 12.3 Å². The average Bonchev–Trinajstić information content (AvgIpc) is 3.02. The first kappa shape index (κ1) is 31.0. The minimum Gasteiger partial charge on any atom is -0.494 e. The molecular formula is C35H35FN2O5. The molecule has 2 N–H and O–H groups in total. The lowest BCUT2D eigenvalue weighted by atomic mass is 10.00. The molecule has 8 heteroatoms. The van der Waals surface area contributed by atoms with Crippen LogP contribution >= 0.6 is 0 Å². The maximum absolute atomic E-state index is 14.4. The summed E-state index contributed by atoms with van der Waals surface area (Å²) in [5.41, 5.74) is 2.40. The summed E-state index contributed by atoms with van der Waals surface area (Å²) in [6.45, 7) is 2.54. The van der Waals surface area contributed by atoms with Crippen LogP contribution in [0, 0.1) is 5.82 Å². The Balaban J connectivity index is 1.35. The number of carboxylic acid groups (broad SMARTS) is 1. The molecule has 4 rings (SSSR count). The van der Waals surface area contributed by atoms with Crippen molar-refractivity contribution in [3.05, 3.63) is 126 Å². The molecule has 0 radical (unpaired) electrons. The van der Waals surface area contributed by atoms with Crippen molar-refractivity contribution < 1.29 is 28.6 Å². The van der Waals surface area contributed by atoms with Gasteiger partial charge >= 0.3 is 5.97 Å². The van der Waals surface area contributed by atoms with Gasteiger partial charge in [-0.15, -0.1) is 0 Å². The topological polar surface area (TPSA) is 95.9 Å². The number of amides is 1. The summed E-state index contributed by atoms with van der Waals surface area (Å²) in [5, 5.41) is 13.0. The molecule has 0 bridgehead atoms. The number of nitrogens with one attached hydrogen (secondary N) is 1. The number of hydrogen-bond acceptors (Lipinski definition) is 5. The Kier molecular flexibility index (Phi) is 11.0. The third kappa shape index (κ3) is 8.52. The van der Waals surface area contributed by atoms with Crippen molar-refractivity contribution in [2.75, 3.05) is 23.4 Å². The summed E-state index contributed by atoms with van der Waals surface area (Å²) in [5.74, 6) is -1.21. The number of aliphatic carboxylic acids is 1. The van der Waals surface area contributed by atoms with E-state index in [-0.39, 0.29) is 23.8 Å². The van der Waals surface area contributed by atoms with Crippen molar-refractivity contribution in [3.8, 4) is 5.75 Å². The molecule has 222 valence electrons. The highest BCUT2D eigenvalue weighted by atomic mass is 19.1. The predicted octanol–water partition coefficient (Wildman–Crippen LogP) is 6.77. The first-order valence-corrected chi connectivity index (χ1v) is 14.3. The zero-order valence-corrected chi connectivity index (χ0v) is 24.0. The van der Waals surface area contributed by atoms with Crippen LogP contribution in [0.15, 0.2) is 103 Å². The molecule has 0 saturated carbocycles. The van der Waals surface area contributed by atoms with Crippen molar-refractivity contribution in [3.63, 3.8) is 0 Å². The number of carbonyl (C=O) groups excluding carboxylic acids is 2. The number of carboxylic acids is 1. The van der Waals surface area contributed by atoms with E-state index in [9.17, 15) is 23.9 Å². The molecule has 0 aliphatic heterocycles. The fraction of sp³-hybridized carbons (Fsp3) is 0.229. The molecule has 0 aromatic heterocycles. The average molecular weight is 583 g/mol. The first-order valence-electron chi connectivity index (χ1n) is 14.3. The van der Waals surface area contributed by atoms with E-state index in [2.05, 4.69) is 5.32 Å². The summed E-state index contributed by atoms with van der Waals surface area (Å²) >= 11 is 0. The second-order valence-corrected chi connectivity index (χ2v) is 10.1. The van der Waals surface area contributed by atoms with Crippen LogP contribution in [0.1, 0.15) is 47.7 Å². The largest absolute Gasteiger partial charge is 0.494 e. The van der Waals surface area contributed by atoms with Gasteiger partial charge in [-0.3, -0.25) is 9.59 Å². The number of carbonyl (C=O) groups is 3. The summed E-state index contributed by atoms with van der Waals surface area (Å²) in [6.07, 6.45) is 1.68. The summed E-state index contributed by atoms with van der Waals surface area (Å²) in [6, 6.07) is 28.1. The van der Waals surface area contributed by atoms with Gasteiger partial charge in [-0.05, 0) is 54.8 Å². The van der Waals surface area contributed by atoms with Crippen LogP contribution in [0.2, 0.25) is 0 Å². The Morgan fingerprint density at radius 1 is 0.884 bits per heavy atom. The summed E-state index contributed by atoms with van der Waals surface area (Å²) in [4.78, 5) is 39.3. The number of ketones is 1. The first-order chi connectivity index (χ1) is 20.9. The Hall–Kier alpha value is -4.98. The summed E-state index contributed by atoms with van der Waals surface area (Å²) in [7, 11) is 0. The van der Waals surface area contributed by atoms with Crippen LogP contribution in [0.3, 0.4) is 0 Å². The standard InChI is InChI=1S/C35H35FN2O5/c1-2-11-33(39)38(32-17-9-7-15-29(32)36)22-10-23-43-27-20-18-25(19-21-27)24-31(35(41)42)37-30-16-8-6-14-28(30)34(40)26-12-4-3-5-13-26/h3-9,12-21,31,37H,2,10-11,22-24H2,1H3,(H,41,42). The molecule has 0 heterocycles. The molecule has 1 unspecified atom stereocenters. The molecular weight excluding hydrogens is 547 g/mol. The minimum atomic E-state index is -1.04. The van der Waals surface area contributed by atoms with Gasteiger partial charge in [-0.25, -0.2) is 9.18 Å². The molecule has 1 amide bonds. The number of benzene rings is 4. The quantitative estimate of drug-likeness (QED) is 0.119. The van der Waals surface area contributed by atoms with Crippen molar-refractivity contribution >= 4 is 29.0 Å². The van der Waals surface area contributed by atoms with E-state index in [0.717, 1.165) is 5.56 Å². The third-order valence-corrected chi connectivity index (χ3v) is 6.90. The lowest BCUT2D eigenvalue weighted by molar-refractivity contribution is -0.137. The zero-order chi connectivity index (χ0) is 30.6. The molecule has 0 fully saturated rings. The second kappa shape index (κ2) is 15.3. The van der Waals surface area contributed by atoms with Gasteiger partial charge in [0.25, 0.3) is 0 Å². The molecule has 4 aromatic carbocycles.